The number of halogens is 3. The summed E-state index contributed by atoms with van der Waals surface area (Å²) in [5.41, 5.74) is 0.477. The maximum absolute atomic E-state index is 12.8. The van der Waals surface area contributed by atoms with E-state index in [9.17, 15) is 18.0 Å². The van der Waals surface area contributed by atoms with Crippen molar-refractivity contribution in [2.24, 2.45) is 5.92 Å². The minimum Gasteiger partial charge on any atom is -0.495 e. The summed E-state index contributed by atoms with van der Waals surface area (Å²) < 4.78 is 43.4. The predicted molar refractivity (Wildman–Crippen MR) is 76.9 cm³/mol. The van der Waals surface area contributed by atoms with E-state index in [1.54, 1.807) is 24.3 Å². The molecule has 122 valence electrons. The number of carbonyl (C=O) groups excluding carboxylic acids is 1. The smallest absolute Gasteiger partial charge is 0.391 e. The second-order valence-electron chi connectivity index (χ2n) is 5.40. The van der Waals surface area contributed by atoms with E-state index >= 15 is 0 Å². The molecule has 1 aliphatic carbocycles. The van der Waals surface area contributed by atoms with Crippen molar-refractivity contribution in [3.8, 4) is 5.75 Å². The molecule has 4 nitrogen and oxygen atoms in total. The molecule has 2 N–H and O–H groups in total. The summed E-state index contributed by atoms with van der Waals surface area (Å²) in [6.45, 7) is 0. The van der Waals surface area contributed by atoms with Crippen molar-refractivity contribution in [1.29, 1.82) is 0 Å². The van der Waals surface area contributed by atoms with Crippen molar-refractivity contribution < 1.29 is 22.7 Å². The highest BCUT2D eigenvalue weighted by atomic mass is 19.4. The summed E-state index contributed by atoms with van der Waals surface area (Å²) in [6.07, 6.45) is -3.10. The van der Waals surface area contributed by atoms with E-state index in [2.05, 4.69) is 10.6 Å². The van der Waals surface area contributed by atoms with Crippen LogP contribution in [0.4, 0.5) is 23.7 Å². The molecule has 1 aliphatic rings. The zero-order valence-corrected chi connectivity index (χ0v) is 12.2. The number of benzene rings is 1. The van der Waals surface area contributed by atoms with E-state index < -0.39 is 24.2 Å². The molecule has 0 spiro atoms. The van der Waals surface area contributed by atoms with Crippen LogP contribution in [0, 0.1) is 5.92 Å². The lowest BCUT2D eigenvalue weighted by Crippen LogP contribution is -2.43. The summed E-state index contributed by atoms with van der Waals surface area (Å²) in [6, 6.07) is 5.87. The SMILES string of the molecule is COc1ccccc1NC(=O)N[C@@H]1CCC[C@@H](C(F)(F)F)C1. The van der Waals surface area contributed by atoms with E-state index in [0.717, 1.165) is 0 Å². The van der Waals surface area contributed by atoms with Crippen LogP contribution in [0.15, 0.2) is 24.3 Å². The fourth-order valence-electron chi connectivity index (χ4n) is 2.71. The number of rotatable bonds is 3. The van der Waals surface area contributed by atoms with Crippen molar-refractivity contribution in [2.45, 2.75) is 37.9 Å². The van der Waals surface area contributed by atoms with Gasteiger partial charge in [0.1, 0.15) is 5.75 Å². The Morgan fingerprint density at radius 3 is 2.68 bits per heavy atom. The third kappa shape index (κ3) is 4.29. The van der Waals surface area contributed by atoms with Crippen LogP contribution in [-0.4, -0.2) is 25.4 Å². The molecule has 2 amide bonds. The van der Waals surface area contributed by atoms with Crippen LogP contribution >= 0.6 is 0 Å². The number of alkyl halides is 3. The van der Waals surface area contributed by atoms with Gasteiger partial charge in [-0.1, -0.05) is 18.6 Å². The Morgan fingerprint density at radius 2 is 2.00 bits per heavy atom. The van der Waals surface area contributed by atoms with Gasteiger partial charge in [0, 0.05) is 6.04 Å². The Morgan fingerprint density at radius 1 is 1.27 bits per heavy atom. The Bertz CT molecular complexity index is 520. The van der Waals surface area contributed by atoms with Crippen LogP contribution < -0.4 is 15.4 Å². The molecular weight excluding hydrogens is 297 g/mol. The number of methoxy groups -OCH3 is 1. The van der Waals surface area contributed by atoms with Crippen LogP contribution in [0.1, 0.15) is 25.7 Å². The molecule has 7 heteroatoms. The van der Waals surface area contributed by atoms with E-state index in [-0.39, 0.29) is 12.8 Å². The molecular formula is C15H19F3N2O2. The predicted octanol–water partition coefficient (Wildman–Crippen LogP) is 3.94. The third-order valence-electron chi connectivity index (χ3n) is 3.83. The van der Waals surface area contributed by atoms with E-state index in [0.29, 0.717) is 24.3 Å². The molecule has 0 aliphatic heterocycles. The molecule has 1 saturated carbocycles. The van der Waals surface area contributed by atoms with E-state index in [1.165, 1.54) is 7.11 Å². The van der Waals surface area contributed by atoms with Crippen LogP contribution in [0.2, 0.25) is 0 Å². The third-order valence-corrected chi connectivity index (χ3v) is 3.83. The van der Waals surface area contributed by atoms with Gasteiger partial charge in [0.2, 0.25) is 0 Å². The molecule has 0 aromatic heterocycles. The first-order chi connectivity index (χ1) is 10.4. The van der Waals surface area contributed by atoms with Gasteiger partial charge in [-0.3, -0.25) is 0 Å². The minimum atomic E-state index is -4.19. The fourth-order valence-corrected chi connectivity index (χ4v) is 2.71. The lowest BCUT2D eigenvalue weighted by molar-refractivity contribution is -0.183. The second kappa shape index (κ2) is 6.89. The molecule has 1 fully saturated rings. The molecule has 0 bridgehead atoms. The van der Waals surface area contributed by atoms with Crippen molar-refractivity contribution in [2.75, 3.05) is 12.4 Å². The molecule has 0 heterocycles. The number of carbonyl (C=O) groups is 1. The van der Waals surface area contributed by atoms with Crippen LogP contribution in [0.25, 0.3) is 0 Å². The van der Waals surface area contributed by atoms with Gasteiger partial charge < -0.3 is 15.4 Å². The number of ether oxygens (including phenoxy) is 1. The number of hydrogen-bond donors (Lipinski definition) is 2. The van der Waals surface area contributed by atoms with Gasteiger partial charge in [-0.15, -0.1) is 0 Å². The molecule has 0 radical (unpaired) electrons. The maximum Gasteiger partial charge on any atom is 0.391 e. The zero-order valence-electron chi connectivity index (χ0n) is 12.2. The van der Waals surface area contributed by atoms with Crippen LogP contribution in [-0.2, 0) is 0 Å². The van der Waals surface area contributed by atoms with Crippen molar-refractivity contribution in [3.05, 3.63) is 24.3 Å². The average Bonchev–Trinajstić information content (AvgIpc) is 2.47. The summed E-state index contributed by atoms with van der Waals surface area (Å²) in [5.74, 6) is -0.840. The van der Waals surface area contributed by atoms with E-state index in [4.69, 9.17) is 4.74 Å². The zero-order chi connectivity index (χ0) is 16.2. The monoisotopic (exact) mass is 316 g/mol. The van der Waals surface area contributed by atoms with E-state index in [1.807, 2.05) is 0 Å². The highest BCUT2D eigenvalue weighted by molar-refractivity contribution is 5.91. The molecule has 1 aromatic rings. The topological polar surface area (TPSA) is 50.4 Å². The van der Waals surface area contributed by atoms with Crippen LogP contribution in [0.3, 0.4) is 0 Å². The molecule has 0 unspecified atom stereocenters. The quantitative estimate of drug-likeness (QED) is 0.887. The summed E-state index contributed by atoms with van der Waals surface area (Å²) in [4.78, 5) is 11.9. The Labute approximate surface area is 127 Å². The lowest BCUT2D eigenvalue weighted by atomic mass is 9.85. The first kappa shape index (κ1) is 16.5. The number of urea groups is 1. The largest absolute Gasteiger partial charge is 0.495 e. The fraction of sp³-hybridized carbons (Fsp3) is 0.533. The maximum atomic E-state index is 12.8. The second-order valence-corrected chi connectivity index (χ2v) is 5.40. The van der Waals surface area contributed by atoms with Gasteiger partial charge in [0.15, 0.2) is 0 Å². The molecule has 1 aromatic carbocycles. The first-order valence-electron chi connectivity index (χ1n) is 7.17. The highest BCUT2D eigenvalue weighted by Crippen LogP contribution is 2.37. The summed E-state index contributed by atoms with van der Waals surface area (Å²) in [5, 5.41) is 5.22. The van der Waals surface area contributed by atoms with Gasteiger partial charge in [-0.05, 0) is 31.4 Å². The first-order valence-corrected chi connectivity index (χ1v) is 7.17. The van der Waals surface area contributed by atoms with Gasteiger partial charge in [-0.25, -0.2) is 4.79 Å². The molecule has 0 saturated heterocycles. The molecule has 2 atom stereocenters. The van der Waals surface area contributed by atoms with Gasteiger partial charge in [0.25, 0.3) is 0 Å². The normalized spacial score (nSPS) is 22.0. The number of amides is 2. The van der Waals surface area contributed by atoms with Crippen molar-refractivity contribution in [1.82, 2.24) is 5.32 Å². The standard InChI is InChI=1S/C15H19F3N2O2/c1-22-13-8-3-2-7-12(13)20-14(21)19-11-6-4-5-10(9-11)15(16,17)18/h2-3,7-8,10-11H,4-6,9H2,1H3,(H2,19,20,21)/t10-,11-/m1/s1. The average molecular weight is 316 g/mol. The van der Waals surface area contributed by atoms with Gasteiger partial charge in [0.05, 0.1) is 18.7 Å². The Hall–Kier alpha value is -1.92. The highest BCUT2D eigenvalue weighted by Gasteiger charge is 2.42. The number of anilines is 1. The lowest BCUT2D eigenvalue weighted by Gasteiger charge is -2.31. The summed E-state index contributed by atoms with van der Waals surface area (Å²) in [7, 11) is 1.48. The summed E-state index contributed by atoms with van der Waals surface area (Å²) >= 11 is 0. The Kier molecular flexibility index (Phi) is 5.15. The number of nitrogens with one attached hydrogen (secondary N) is 2. The number of hydrogen-bond acceptors (Lipinski definition) is 2. The van der Waals surface area contributed by atoms with Gasteiger partial charge in [-0.2, -0.15) is 13.2 Å². The molecule has 22 heavy (non-hydrogen) atoms. The van der Waals surface area contributed by atoms with Crippen molar-refractivity contribution in [3.63, 3.8) is 0 Å². The van der Waals surface area contributed by atoms with Crippen molar-refractivity contribution >= 4 is 11.7 Å². The molecule has 2 rings (SSSR count). The minimum absolute atomic E-state index is 0.0666. The van der Waals surface area contributed by atoms with Gasteiger partial charge >= 0.3 is 12.2 Å². The van der Waals surface area contributed by atoms with Crippen LogP contribution in [0.5, 0.6) is 5.75 Å². The number of para-hydroxylation sites is 2. The Balaban J connectivity index is 1.92.